The maximum Gasteiger partial charge on any atom is 0.318 e. The fraction of sp³-hybridized carbons (Fsp3) is 0.471. The summed E-state index contributed by atoms with van der Waals surface area (Å²) < 4.78 is 20.2. The van der Waals surface area contributed by atoms with Crippen molar-refractivity contribution in [3.05, 3.63) is 65.1 Å². The van der Waals surface area contributed by atoms with E-state index in [4.69, 9.17) is 26.3 Å². The molecule has 2 fully saturated rings. The molecule has 0 spiro atoms. The van der Waals surface area contributed by atoms with Gasteiger partial charge in [-0.25, -0.2) is 4.39 Å². The van der Waals surface area contributed by atoms with Crippen LogP contribution in [0.1, 0.15) is 44.4 Å². The lowest BCUT2D eigenvalue weighted by Crippen LogP contribution is -2.55. The SMILES string of the molecule is C=C(F)C(=O)N1CCN(c2nc(OC[C@@H]3CCCN3C(C)C)nc3c2CCN(c2cccc4cccc(Cl)c24)C3)C[C@@H]1CC#N. The van der Waals surface area contributed by atoms with Gasteiger partial charge in [-0.3, -0.25) is 9.69 Å². The third-order valence-electron chi connectivity index (χ3n) is 9.29. The molecule has 11 heteroatoms. The Labute approximate surface area is 268 Å². The van der Waals surface area contributed by atoms with Crippen LogP contribution >= 0.6 is 11.6 Å². The van der Waals surface area contributed by atoms with E-state index in [2.05, 4.69) is 59.4 Å². The zero-order valence-electron chi connectivity index (χ0n) is 25.9. The Balaban J connectivity index is 1.34. The van der Waals surface area contributed by atoms with E-state index in [1.165, 1.54) is 4.90 Å². The van der Waals surface area contributed by atoms with Crippen molar-refractivity contribution in [2.75, 3.05) is 49.1 Å². The number of anilines is 2. The van der Waals surface area contributed by atoms with Gasteiger partial charge in [-0.15, -0.1) is 0 Å². The Morgan fingerprint density at radius 3 is 2.69 bits per heavy atom. The molecule has 2 aromatic carbocycles. The minimum Gasteiger partial charge on any atom is -0.462 e. The van der Waals surface area contributed by atoms with Crippen LogP contribution in [0.5, 0.6) is 6.01 Å². The normalized spacial score (nSPS) is 20.4. The van der Waals surface area contributed by atoms with Gasteiger partial charge in [0.1, 0.15) is 12.4 Å². The lowest BCUT2D eigenvalue weighted by atomic mass is 10.0. The van der Waals surface area contributed by atoms with Gasteiger partial charge < -0.3 is 19.4 Å². The number of likely N-dealkylation sites (tertiary alicyclic amines) is 1. The first-order valence-corrected chi connectivity index (χ1v) is 16.1. The summed E-state index contributed by atoms with van der Waals surface area (Å²) in [6.45, 7) is 11.5. The zero-order valence-corrected chi connectivity index (χ0v) is 26.6. The predicted molar refractivity (Wildman–Crippen MR) is 174 cm³/mol. The summed E-state index contributed by atoms with van der Waals surface area (Å²) in [5, 5.41) is 12.3. The second-order valence-electron chi connectivity index (χ2n) is 12.3. The van der Waals surface area contributed by atoms with Crippen LogP contribution in [0.4, 0.5) is 15.9 Å². The van der Waals surface area contributed by atoms with Crippen molar-refractivity contribution in [2.45, 2.75) is 64.2 Å². The molecule has 45 heavy (non-hydrogen) atoms. The number of ether oxygens (including phenoxy) is 1. The van der Waals surface area contributed by atoms with Crippen LogP contribution in [0.3, 0.4) is 0 Å². The number of halogens is 2. The Hall–Kier alpha value is -3.94. The molecule has 236 valence electrons. The van der Waals surface area contributed by atoms with Crippen molar-refractivity contribution < 1.29 is 13.9 Å². The molecule has 2 atom stereocenters. The second-order valence-corrected chi connectivity index (χ2v) is 12.8. The van der Waals surface area contributed by atoms with Gasteiger partial charge in [0.25, 0.3) is 5.91 Å². The molecule has 0 saturated carbocycles. The van der Waals surface area contributed by atoms with Gasteiger partial charge in [0, 0.05) is 54.9 Å². The molecule has 0 N–H and O–H groups in total. The molecule has 0 aliphatic carbocycles. The van der Waals surface area contributed by atoms with E-state index < -0.39 is 17.8 Å². The van der Waals surface area contributed by atoms with E-state index in [0.29, 0.717) is 55.8 Å². The summed E-state index contributed by atoms with van der Waals surface area (Å²) in [6.07, 6.45) is 2.98. The summed E-state index contributed by atoms with van der Waals surface area (Å²) in [5.41, 5.74) is 2.96. The summed E-state index contributed by atoms with van der Waals surface area (Å²) in [5.74, 6) is -1.02. The van der Waals surface area contributed by atoms with Crippen molar-refractivity contribution >= 4 is 39.8 Å². The van der Waals surface area contributed by atoms with Crippen molar-refractivity contribution in [1.29, 1.82) is 5.26 Å². The molecule has 3 aliphatic heterocycles. The predicted octanol–water partition coefficient (Wildman–Crippen LogP) is 5.51. The third kappa shape index (κ3) is 6.29. The number of aromatic nitrogens is 2. The van der Waals surface area contributed by atoms with E-state index in [9.17, 15) is 14.4 Å². The van der Waals surface area contributed by atoms with E-state index in [-0.39, 0.29) is 13.0 Å². The summed E-state index contributed by atoms with van der Waals surface area (Å²) in [6, 6.07) is 14.9. The van der Waals surface area contributed by atoms with Crippen molar-refractivity contribution in [3.8, 4) is 12.1 Å². The van der Waals surface area contributed by atoms with Crippen molar-refractivity contribution in [1.82, 2.24) is 19.8 Å². The largest absolute Gasteiger partial charge is 0.462 e. The summed E-state index contributed by atoms with van der Waals surface area (Å²) in [7, 11) is 0. The van der Waals surface area contributed by atoms with E-state index in [1.54, 1.807) is 0 Å². The number of fused-ring (bicyclic) bond motifs is 2. The van der Waals surface area contributed by atoms with Crippen LogP contribution in [0.25, 0.3) is 10.8 Å². The third-order valence-corrected chi connectivity index (χ3v) is 9.60. The molecule has 0 radical (unpaired) electrons. The monoisotopic (exact) mass is 631 g/mol. The van der Waals surface area contributed by atoms with Gasteiger partial charge in [0.05, 0.1) is 35.8 Å². The standard InChI is InChI=1S/C34H39ClFN7O2/c1-22(2)42-15-6-9-26(42)21-45-34-38-29-20-40(30-11-5-8-24-7-4-10-28(35)31(24)30)16-13-27(29)32(39-34)41-17-18-43(33(44)23(3)36)25(19-41)12-14-37/h4-5,7-8,10-11,22,25-26H,3,6,9,12-13,15-21H2,1-2H3/t25-,26-/m0/s1. The maximum absolute atomic E-state index is 13.8. The smallest absolute Gasteiger partial charge is 0.318 e. The zero-order chi connectivity index (χ0) is 31.7. The molecule has 0 unspecified atom stereocenters. The number of carbonyl (C=O) groups excluding carboxylic acids is 1. The molecular formula is C34H39ClFN7O2. The minimum absolute atomic E-state index is 0.0779. The van der Waals surface area contributed by atoms with Gasteiger partial charge in [0.2, 0.25) is 0 Å². The number of carbonyl (C=O) groups is 1. The average Bonchev–Trinajstić information content (AvgIpc) is 3.52. The van der Waals surface area contributed by atoms with Gasteiger partial charge in [-0.05, 0) is 57.2 Å². The quantitative estimate of drug-likeness (QED) is 0.301. The van der Waals surface area contributed by atoms with E-state index >= 15 is 0 Å². The Morgan fingerprint density at radius 1 is 1.13 bits per heavy atom. The molecule has 1 amide bonds. The maximum atomic E-state index is 13.8. The molecule has 1 aromatic heterocycles. The van der Waals surface area contributed by atoms with Crippen LogP contribution < -0.4 is 14.5 Å². The molecule has 3 aromatic rings. The molecule has 0 bridgehead atoms. The first kappa shape index (κ1) is 31.1. The highest BCUT2D eigenvalue weighted by Crippen LogP contribution is 2.37. The van der Waals surface area contributed by atoms with Crippen molar-refractivity contribution in [3.63, 3.8) is 0 Å². The molecule has 6 rings (SSSR count). The second kappa shape index (κ2) is 13.2. The molecule has 4 heterocycles. The topological polar surface area (TPSA) is 88.8 Å². The first-order valence-electron chi connectivity index (χ1n) is 15.7. The number of hydrogen-bond acceptors (Lipinski definition) is 8. The van der Waals surface area contributed by atoms with Gasteiger partial charge in [0.15, 0.2) is 5.83 Å². The molecular weight excluding hydrogens is 593 g/mol. The van der Waals surface area contributed by atoms with Crippen LogP contribution in [-0.2, 0) is 17.8 Å². The van der Waals surface area contributed by atoms with Gasteiger partial charge in [-0.2, -0.15) is 15.2 Å². The van der Waals surface area contributed by atoms with Gasteiger partial charge >= 0.3 is 6.01 Å². The van der Waals surface area contributed by atoms with Crippen LogP contribution in [0, 0.1) is 11.3 Å². The van der Waals surface area contributed by atoms with Crippen molar-refractivity contribution in [2.24, 2.45) is 0 Å². The first-order chi connectivity index (χ1) is 21.7. The summed E-state index contributed by atoms with van der Waals surface area (Å²) in [4.78, 5) is 30.8. The van der Waals surface area contributed by atoms with Crippen LogP contribution in [0.2, 0.25) is 5.02 Å². The number of nitrogens with zero attached hydrogens (tertiary/aromatic N) is 7. The molecule has 2 saturated heterocycles. The molecule has 3 aliphatic rings. The number of piperazine rings is 1. The fourth-order valence-electron chi connectivity index (χ4n) is 7.10. The van der Waals surface area contributed by atoms with Gasteiger partial charge in [-0.1, -0.05) is 42.4 Å². The van der Waals surface area contributed by atoms with Crippen LogP contribution in [0.15, 0.2) is 48.8 Å². The molecule has 9 nitrogen and oxygen atoms in total. The number of amides is 1. The number of benzene rings is 2. The van der Waals surface area contributed by atoms with Crippen LogP contribution in [-0.4, -0.2) is 83.1 Å². The highest BCUT2D eigenvalue weighted by atomic mass is 35.5. The minimum atomic E-state index is -1.02. The van der Waals surface area contributed by atoms with E-state index in [0.717, 1.165) is 59.5 Å². The highest BCUT2D eigenvalue weighted by Gasteiger charge is 2.35. The Morgan fingerprint density at radius 2 is 1.93 bits per heavy atom. The Bertz CT molecular complexity index is 1640. The summed E-state index contributed by atoms with van der Waals surface area (Å²) >= 11 is 6.70. The average molecular weight is 632 g/mol. The fourth-order valence-corrected chi connectivity index (χ4v) is 7.38. The lowest BCUT2D eigenvalue weighted by molar-refractivity contribution is -0.131. The number of rotatable bonds is 8. The van der Waals surface area contributed by atoms with E-state index in [1.807, 2.05) is 18.2 Å². The Kier molecular flexibility index (Phi) is 9.11. The number of nitriles is 1. The highest BCUT2D eigenvalue weighted by molar-refractivity contribution is 6.36. The lowest BCUT2D eigenvalue weighted by Gasteiger charge is -2.42. The number of hydrogen-bond donors (Lipinski definition) is 0.